The van der Waals surface area contributed by atoms with Gasteiger partial charge in [-0.05, 0) is 0 Å². The molecule has 0 saturated carbocycles. The quantitative estimate of drug-likeness (QED) is 0.716. The number of amidine groups is 1. The maximum Gasteiger partial charge on any atom is 0.337 e. The summed E-state index contributed by atoms with van der Waals surface area (Å²) in [6, 6.07) is -0.307. The lowest BCUT2D eigenvalue weighted by Gasteiger charge is -2.27. The van der Waals surface area contributed by atoms with Gasteiger partial charge < -0.3 is 9.64 Å². The third-order valence-electron chi connectivity index (χ3n) is 3.88. The van der Waals surface area contributed by atoms with E-state index in [2.05, 4.69) is 14.7 Å². The molecular weight excluding hydrogens is 320 g/mol. The molecule has 0 aliphatic carbocycles. The predicted octanol–water partition coefficient (Wildman–Crippen LogP) is -0.192. The van der Waals surface area contributed by atoms with Crippen molar-refractivity contribution in [3.8, 4) is 0 Å². The molecule has 1 atom stereocenters. The van der Waals surface area contributed by atoms with Crippen LogP contribution in [-0.4, -0.2) is 63.3 Å². The standard InChI is InChI=1S/C14H18N4O4S/c1-22-14(19)10-7-16-13(11-4-3-5-15-11)18-8-9(6-12(10)18)17-23(2,20)21/h3,5,9,17H,4,6-8H2,1-2H3. The zero-order chi connectivity index (χ0) is 16.6. The second-order valence-corrected chi connectivity index (χ2v) is 7.40. The van der Waals surface area contributed by atoms with Crippen LogP contribution in [0, 0.1) is 0 Å². The first-order valence-corrected chi connectivity index (χ1v) is 9.10. The van der Waals surface area contributed by atoms with E-state index < -0.39 is 16.0 Å². The number of sulfonamides is 1. The fourth-order valence-corrected chi connectivity index (χ4v) is 3.78. The third kappa shape index (κ3) is 3.20. The van der Waals surface area contributed by atoms with Crippen molar-refractivity contribution in [1.29, 1.82) is 0 Å². The molecule has 8 nitrogen and oxygen atoms in total. The van der Waals surface area contributed by atoms with E-state index in [9.17, 15) is 13.2 Å². The van der Waals surface area contributed by atoms with E-state index >= 15 is 0 Å². The lowest BCUT2D eigenvalue weighted by atomic mass is 10.1. The molecule has 3 rings (SSSR count). The highest BCUT2D eigenvalue weighted by Gasteiger charge is 2.38. The Morgan fingerprint density at radius 3 is 2.87 bits per heavy atom. The summed E-state index contributed by atoms with van der Waals surface area (Å²) >= 11 is 0. The SMILES string of the molecule is COC(=O)C1=C2CC(NS(C)(=O)=O)CN2C(C2=NC=CC2)=NC1. The largest absolute Gasteiger partial charge is 0.466 e. The molecule has 1 unspecified atom stereocenters. The van der Waals surface area contributed by atoms with Crippen LogP contribution in [-0.2, 0) is 19.6 Å². The zero-order valence-corrected chi connectivity index (χ0v) is 13.8. The fraction of sp³-hybridized carbons (Fsp3) is 0.500. The Balaban J connectivity index is 1.92. The van der Waals surface area contributed by atoms with Gasteiger partial charge in [0.15, 0.2) is 5.84 Å². The van der Waals surface area contributed by atoms with E-state index in [-0.39, 0.29) is 12.6 Å². The molecule has 3 aliphatic heterocycles. The van der Waals surface area contributed by atoms with Crippen LogP contribution in [0.15, 0.2) is 33.5 Å². The Morgan fingerprint density at radius 1 is 1.48 bits per heavy atom. The average Bonchev–Trinajstić information content (AvgIpc) is 3.12. The van der Waals surface area contributed by atoms with Crippen LogP contribution >= 0.6 is 0 Å². The molecule has 0 amide bonds. The molecule has 3 heterocycles. The Morgan fingerprint density at radius 2 is 2.26 bits per heavy atom. The van der Waals surface area contributed by atoms with Gasteiger partial charge in [0.05, 0.1) is 31.2 Å². The Kier molecular flexibility index (Phi) is 4.07. The van der Waals surface area contributed by atoms with Crippen LogP contribution in [0.4, 0.5) is 0 Å². The van der Waals surface area contributed by atoms with Gasteiger partial charge in [-0.1, -0.05) is 6.08 Å². The molecule has 9 heteroatoms. The molecule has 1 fully saturated rings. The second kappa shape index (κ2) is 5.89. The van der Waals surface area contributed by atoms with Gasteiger partial charge in [0.2, 0.25) is 10.0 Å². The van der Waals surface area contributed by atoms with Crippen molar-refractivity contribution in [3.63, 3.8) is 0 Å². The Bertz CT molecular complexity index is 764. The van der Waals surface area contributed by atoms with E-state index in [0.29, 0.717) is 30.8 Å². The average molecular weight is 338 g/mol. The minimum absolute atomic E-state index is 0.221. The van der Waals surface area contributed by atoms with Gasteiger partial charge in [-0.15, -0.1) is 0 Å². The first kappa shape index (κ1) is 15.9. The smallest absolute Gasteiger partial charge is 0.337 e. The third-order valence-corrected chi connectivity index (χ3v) is 4.64. The van der Waals surface area contributed by atoms with Crippen LogP contribution in [0.5, 0.6) is 0 Å². The van der Waals surface area contributed by atoms with E-state index in [1.165, 1.54) is 7.11 Å². The molecule has 0 bridgehead atoms. The highest BCUT2D eigenvalue weighted by atomic mass is 32.2. The number of carbonyl (C=O) groups is 1. The molecule has 0 aromatic rings. The number of hydrogen-bond acceptors (Lipinski definition) is 7. The summed E-state index contributed by atoms with van der Waals surface area (Å²) in [5, 5.41) is 0. The topological polar surface area (TPSA) is 100 Å². The highest BCUT2D eigenvalue weighted by Crippen LogP contribution is 2.30. The van der Waals surface area contributed by atoms with E-state index in [0.717, 1.165) is 17.7 Å². The number of rotatable bonds is 4. The Hall–Kier alpha value is -2.00. The number of fused-ring (bicyclic) bond motifs is 1. The van der Waals surface area contributed by atoms with Gasteiger partial charge in [-0.3, -0.25) is 9.98 Å². The number of nitrogens with zero attached hydrogens (tertiary/aromatic N) is 3. The van der Waals surface area contributed by atoms with Crippen molar-refractivity contribution in [2.45, 2.75) is 18.9 Å². The summed E-state index contributed by atoms with van der Waals surface area (Å²) in [7, 11) is -2.00. The molecule has 0 aromatic heterocycles. The van der Waals surface area contributed by atoms with Crippen molar-refractivity contribution in [2.75, 3.05) is 26.5 Å². The zero-order valence-electron chi connectivity index (χ0n) is 12.9. The monoisotopic (exact) mass is 338 g/mol. The summed E-state index contributed by atoms with van der Waals surface area (Å²) in [6.07, 6.45) is 5.89. The number of nitrogens with one attached hydrogen (secondary N) is 1. The van der Waals surface area contributed by atoms with Crippen molar-refractivity contribution in [1.82, 2.24) is 9.62 Å². The van der Waals surface area contributed by atoms with Crippen molar-refractivity contribution in [2.24, 2.45) is 9.98 Å². The summed E-state index contributed by atoms with van der Waals surface area (Å²) < 4.78 is 30.4. The Labute approximate surface area is 134 Å². The summed E-state index contributed by atoms with van der Waals surface area (Å²) in [4.78, 5) is 22.6. The maximum absolute atomic E-state index is 12.0. The highest BCUT2D eigenvalue weighted by molar-refractivity contribution is 7.88. The lowest BCUT2D eigenvalue weighted by molar-refractivity contribution is -0.136. The van der Waals surface area contributed by atoms with Gasteiger partial charge in [0.25, 0.3) is 0 Å². The number of carbonyl (C=O) groups excluding carboxylic acids is 1. The number of ether oxygens (including phenoxy) is 1. The van der Waals surface area contributed by atoms with Crippen LogP contribution in [0.1, 0.15) is 12.8 Å². The van der Waals surface area contributed by atoms with Gasteiger partial charge >= 0.3 is 5.97 Å². The van der Waals surface area contributed by atoms with Crippen LogP contribution in [0.25, 0.3) is 0 Å². The van der Waals surface area contributed by atoms with Crippen molar-refractivity contribution < 1.29 is 17.9 Å². The number of allylic oxidation sites excluding steroid dienone is 1. The molecule has 23 heavy (non-hydrogen) atoms. The van der Waals surface area contributed by atoms with E-state index in [4.69, 9.17) is 4.74 Å². The molecule has 0 aromatic carbocycles. The summed E-state index contributed by atoms with van der Waals surface area (Å²) in [5.74, 6) is 0.273. The molecule has 3 aliphatic rings. The summed E-state index contributed by atoms with van der Waals surface area (Å²) in [6.45, 7) is 0.638. The lowest BCUT2D eigenvalue weighted by Crippen LogP contribution is -2.41. The fourth-order valence-electron chi connectivity index (χ4n) is 3.01. The normalized spacial score (nSPS) is 23.7. The number of hydrogen-bond donors (Lipinski definition) is 1. The minimum Gasteiger partial charge on any atom is -0.466 e. The van der Waals surface area contributed by atoms with Crippen molar-refractivity contribution >= 4 is 27.5 Å². The minimum atomic E-state index is -3.33. The molecular formula is C14H18N4O4S. The molecule has 0 radical (unpaired) electrons. The molecule has 1 N–H and O–H groups in total. The predicted molar refractivity (Wildman–Crippen MR) is 85.6 cm³/mol. The van der Waals surface area contributed by atoms with E-state index in [1.807, 2.05) is 11.0 Å². The molecule has 0 spiro atoms. The van der Waals surface area contributed by atoms with E-state index in [1.54, 1.807) is 6.20 Å². The molecule has 1 saturated heterocycles. The van der Waals surface area contributed by atoms with Crippen LogP contribution < -0.4 is 4.72 Å². The van der Waals surface area contributed by atoms with Crippen molar-refractivity contribution in [3.05, 3.63) is 23.5 Å². The number of methoxy groups -OCH3 is 1. The summed E-state index contributed by atoms with van der Waals surface area (Å²) in [5.41, 5.74) is 2.06. The van der Waals surface area contributed by atoms with Crippen LogP contribution in [0.2, 0.25) is 0 Å². The van der Waals surface area contributed by atoms with Gasteiger partial charge in [0.1, 0.15) is 0 Å². The maximum atomic E-state index is 12.0. The van der Waals surface area contributed by atoms with Crippen LogP contribution in [0.3, 0.4) is 0 Å². The second-order valence-electron chi connectivity index (χ2n) is 5.62. The van der Waals surface area contributed by atoms with Gasteiger partial charge in [-0.2, -0.15) is 0 Å². The molecule has 124 valence electrons. The number of esters is 1. The first-order valence-electron chi connectivity index (χ1n) is 7.20. The van der Waals surface area contributed by atoms with Gasteiger partial charge in [0, 0.05) is 37.3 Å². The number of aliphatic imine (C=N–C) groups is 2. The first-order chi connectivity index (χ1) is 10.9. The van der Waals surface area contributed by atoms with Gasteiger partial charge in [-0.25, -0.2) is 17.9 Å².